The van der Waals surface area contributed by atoms with E-state index in [2.05, 4.69) is 35.9 Å². The van der Waals surface area contributed by atoms with Gasteiger partial charge in [0.1, 0.15) is 0 Å². The molecule has 0 aliphatic carbocycles. The Morgan fingerprint density at radius 1 is 1.70 bits per heavy atom. The molecule has 0 aromatic carbocycles. The van der Waals surface area contributed by atoms with Gasteiger partial charge in [-0.2, -0.15) is 0 Å². The van der Waals surface area contributed by atoms with Crippen LogP contribution in [-0.4, -0.2) is 4.98 Å². The van der Waals surface area contributed by atoms with E-state index < -0.39 is 0 Å². The Morgan fingerprint density at radius 3 is 2.80 bits per heavy atom. The van der Waals surface area contributed by atoms with Gasteiger partial charge in [-0.05, 0) is 13.8 Å². The molecule has 0 atom stereocenters. The van der Waals surface area contributed by atoms with Crippen molar-refractivity contribution in [3.05, 3.63) is 16.6 Å². The van der Waals surface area contributed by atoms with Crippen molar-refractivity contribution < 1.29 is 0 Å². The third-order valence-electron chi connectivity index (χ3n) is 1.28. The van der Waals surface area contributed by atoms with E-state index in [1.165, 1.54) is 10.8 Å². The summed E-state index contributed by atoms with van der Waals surface area (Å²) in [6.07, 6.45) is 0. The highest BCUT2D eigenvalue weighted by Gasteiger charge is 2.21. The van der Waals surface area contributed by atoms with Crippen molar-refractivity contribution in [3.8, 4) is 0 Å². The molecule has 10 heavy (non-hydrogen) atoms. The quantitative estimate of drug-likeness (QED) is 0.570. The number of thiazole rings is 1. The van der Waals surface area contributed by atoms with Crippen LogP contribution in [0.2, 0.25) is 0 Å². The van der Waals surface area contributed by atoms with Crippen LogP contribution >= 0.6 is 33.8 Å². The standard InChI is InChI=1S/C6H9NS3/c1-6(2,10-8)5-3-9-4-7-5/h3-4,8H,1-2H3. The van der Waals surface area contributed by atoms with Crippen molar-refractivity contribution in [3.63, 3.8) is 0 Å². The normalized spacial score (nSPS) is 11.9. The fourth-order valence-electron chi connectivity index (χ4n) is 0.557. The molecule has 1 aromatic heterocycles. The van der Waals surface area contributed by atoms with Crippen LogP contribution in [0.3, 0.4) is 0 Å². The Hall–Kier alpha value is 0.330. The number of rotatable bonds is 2. The predicted molar refractivity (Wildman–Crippen MR) is 51.7 cm³/mol. The molecule has 0 unspecified atom stereocenters. The van der Waals surface area contributed by atoms with E-state index in [0.29, 0.717) is 0 Å². The minimum absolute atomic E-state index is 0.0448. The Labute approximate surface area is 74.1 Å². The molecule has 4 heteroatoms. The van der Waals surface area contributed by atoms with Crippen molar-refractivity contribution in [2.75, 3.05) is 0 Å². The summed E-state index contributed by atoms with van der Waals surface area (Å²) in [5.74, 6) is 0. The Bertz CT molecular complexity index is 193. The molecule has 0 radical (unpaired) electrons. The lowest BCUT2D eigenvalue weighted by atomic mass is 10.1. The van der Waals surface area contributed by atoms with Gasteiger partial charge in [0.15, 0.2) is 0 Å². The van der Waals surface area contributed by atoms with Crippen molar-refractivity contribution in [1.29, 1.82) is 0 Å². The molecule has 0 saturated carbocycles. The first kappa shape index (κ1) is 8.43. The summed E-state index contributed by atoms with van der Waals surface area (Å²) < 4.78 is 0.0448. The zero-order valence-corrected chi connectivity index (χ0v) is 8.39. The molecule has 0 bridgehead atoms. The molecule has 0 amide bonds. The fourth-order valence-corrected chi connectivity index (χ4v) is 1.84. The first-order chi connectivity index (χ1) is 4.67. The largest absolute Gasteiger partial charge is 0.248 e. The van der Waals surface area contributed by atoms with Gasteiger partial charge in [0, 0.05) is 5.38 Å². The Kier molecular flexibility index (Phi) is 2.66. The lowest BCUT2D eigenvalue weighted by molar-refractivity contribution is 0.761. The molecule has 56 valence electrons. The SMILES string of the molecule is CC(C)(SS)c1cscn1. The second-order valence-electron chi connectivity index (χ2n) is 2.48. The second-order valence-corrected chi connectivity index (χ2v) is 4.94. The van der Waals surface area contributed by atoms with Gasteiger partial charge in [-0.15, -0.1) is 23.0 Å². The van der Waals surface area contributed by atoms with Crippen LogP contribution in [0, 0.1) is 0 Å². The molecule has 0 N–H and O–H groups in total. The van der Waals surface area contributed by atoms with Crippen molar-refractivity contribution in [2.45, 2.75) is 18.6 Å². The van der Waals surface area contributed by atoms with E-state index in [4.69, 9.17) is 0 Å². The maximum absolute atomic E-state index is 4.21. The van der Waals surface area contributed by atoms with Crippen LogP contribution in [-0.2, 0) is 4.75 Å². The van der Waals surface area contributed by atoms with Gasteiger partial charge in [0.05, 0.1) is 16.0 Å². The minimum Gasteiger partial charge on any atom is -0.248 e. The summed E-state index contributed by atoms with van der Waals surface area (Å²) in [5.41, 5.74) is 2.96. The summed E-state index contributed by atoms with van der Waals surface area (Å²) in [4.78, 5) is 4.21. The van der Waals surface area contributed by atoms with Crippen molar-refractivity contribution >= 4 is 33.8 Å². The van der Waals surface area contributed by atoms with Crippen molar-refractivity contribution in [2.24, 2.45) is 0 Å². The highest BCUT2D eigenvalue weighted by Crippen LogP contribution is 2.37. The van der Waals surface area contributed by atoms with Gasteiger partial charge in [-0.25, -0.2) is 4.98 Å². The van der Waals surface area contributed by atoms with Gasteiger partial charge in [0.25, 0.3) is 0 Å². The third kappa shape index (κ3) is 1.68. The van der Waals surface area contributed by atoms with Gasteiger partial charge in [-0.1, -0.05) is 10.8 Å². The average molecular weight is 191 g/mol. The third-order valence-corrected chi connectivity index (χ3v) is 3.90. The molecule has 1 heterocycles. The molecular formula is C6H9NS3. The number of aromatic nitrogens is 1. The number of hydrogen-bond acceptors (Lipinski definition) is 4. The highest BCUT2D eigenvalue weighted by molar-refractivity contribution is 8.68. The molecule has 0 spiro atoms. The molecule has 1 rings (SSSR count). The lowest BCUT2D eigenvalue weighted by Gasteiger charge is -2.17. The van der Waals surface area contributed by atoms with E-state index in [0.717, 1.165) is 5.69 Å². The maximum atomic E-state index is 4.21. The molecule has 1 nitrogen and oxygen atoms in total. The molecule has 0 saturated heterocycles. The van der Waals surface area contributed by atoms with Crippen LogP contribution in [0.4, 0.5) is 0 Å². The zero-order chi connectivity index (χ0) is 7.61. The molecule has 0 fully saturated rings. The zero-order valence-electron chi connectivity index (χ0n) is 5.87. The number of hydrogen-bond donors (Lipinski definition) is 1. The summed E-state index contributed by atoms with van der Waals surface area (Å²) in [5, 5.41) is 2.06. The van der Waals surface area contributed by atoms with Gasteiger partial charge in [-0.3, -0.25) is 0 Å². The van der Waals surface area contributed by atoms with Crippen molar-refractivity contribution in [1.82, 2.24) is 4.98 Å². The maximum Gasteiger partial charge on any atom is 0.0795 e. The van der Waals surface area contributed by atoms with Gasteiger partial charge >= 0.3 is 0 Å². The Morgan fingerprint density at radius 2 is 2.40 bits per heavy atom. The van der Waals surface area contributed by atoms with Gasteiger partial charge in [0.2, 0.25) is 0 Å². The molecule has 0 aliphatic rings. The molecule has 1 aromatic rings. The van der Waals surface area contributed by atoms with E-state index in [-0.39, 0.29) is 4.75 Å². The van der Waals surface area contributed by atoms with Crippen LogP contribution in [0.25, 0.3) is 0 Å². The fraction of sp³-hybridized carbons (Fsp3) is 0.500. The van der Waals surface area contributed by atoms with E-state index in [1.807, 2.05) is 5.51 Å². The summed E-state index contributed by atoms with van der Waals surface area (Å²) in [7, 11) is 1.52. The average Bonchev–Trinajstić information content (AvgIpc) is 2.38. The predicted octanol–water partition coefficient (Wildman–Crippen LogP) is 2.96. The first-order valence-corrected chi connectivity index (χ1v) is 5.69. The highest BCUT2D eigenvalue weighted by atomic mass is 33.1. The molecular weight excluding hydrogens is 182 g/mol. The topological polar surface area (TPSA) is 12.9 Å². The summed E-state index contributed by atoms with van der Waals surface area (Å²) >= 11 is 5.79. The summed E-state index contributed by atoms with van der Waals surface area (Å²) in [6, 6.07) is 0. The van der Waals surface area contributed by atoms with Crippen LogP contribution in [0.15, 0.2) is 10.9 Å². The number of thiol groups is 1. The van der Waals surface area contributed by atoms with Crippen LogP contribution in [0.1, 0.15) is 19.5 Å². The van der Waals surface area contributed by atoms with E-state index >= 15 is 0 Å². The summed E-state index contributed by atoms with van der Waals surface area (Å²) in [6.45, 7) is 4.22. The monoisotopic (exact) mass is 191 g/mol. The van der Waals surface area contributed by atoms with Crippen LogP contribution < -0.4 is 0 Å². The van der Waals surface area contributed by atoms with Crippen LogP contribution in [0.5, 0.6) is 0 Å². The van der Waals surface area contributed by atoms with E-state index in [9.17, 15) is 0 Å². The van der Waals surface area contributed by atoms with E-state index in [1.54, 1.807) is 11.3 Å². The second kappa shape index (κ2) is 3.15. The van der Waals surface area contributed by atoms with Gasteiger partial charge < -0.3 is 0 Å². The smallest absolute Gasteiger partial charge is 0.0795 e. The number of nitrogens with zero attached hydrogens (tertiary/aromatic N) is 1. The first-order valence-electron chi connectivity index (χ1n) is 2.88. The minimum atomic E-state index is 0.0448. The molecule has 0 aliphatic heterocycles. The Balaban J connectivity index is 2.85. The lowest BCUT2D eigenvalue weighted by Crippen LogP contribution is -2.09.